The molecule has 0 aliphatic heterocycles. The van der Waals surface area contributed by atoms with Gasteiger partial charge in [0.1, 0.15) is 0 Å². The number of halogens is 2. The van der Waals surface area contributed by atoms with Crippen molar-refractivity contribution in [1.29, 1.82) is 0 Å². The Morgan fingerprint density at radius 1 is 1.40 bits per heavy atom. The van der Waals surface area contributed by atoms with Gasteiger partial charge in [0.2, 0.25) is 0 Å². The molecule has 1 N–H and O–H groups in total. The highest BCUT2D eigenvalue weighted by molar-refractivity contribution is 9.10. The number of hydrogen-bond donors (Lipinski definition) is 1. The second kappa shape index (κ2) is 4.96. The summed E-state index contributed by atoms with van der Waals surface area (Å²) in [5.41, 5.74) is 0.994. The first-order valence-electron chi connectivity index (χ1n) is 4.33. The summed E-state index contributed by atoms with van der Waals surface area (Å²) in [6.45, 7) is 0.773. The summed E-state index contributed by atoms with van der Waals surface area (Å²) >= 11 is 10.8. The number of anilines is 1. The molecule has 0 aromatic carbocycles. The summed E-state index contributed by atoms with van der Waals surface area (Å²) in [7, 11) is 0. The molecule has 0 saturated heterocycles. The van der Waals surface area contributed by atoms with Gasteiger partial charge in [0, 0.05) is 22.1 Å². The van der Waals surface area contributed by atoms with Crippen molar-refractivity contribution < 1.29 is 0 Å². The molecule has 0 saturated carbocycles. The SMILES string of the molecule is Clc1ccc(CNc2cncc(Br)c2)s1. The van der Waals surface area contributed by atoms with E-state index < -0.39 is 0 Å². The van der Waals surface area contributed by atoms with Crippen molar-refractivity contribution in [1.82, 2.24) is 4.98 Å². The van der Waals surface area contributed by atoms with Crippen LogP contribution in [0, 0.1) is 0 Å². The van der Waals surface area contributed by atoms with Gasteiger partial charge in [-0.05, 0) is 34.1 Å². The van der Waals surface area contributed by atoms with Crippen molar-refractivity contribution in [2.75, 3.05) is 5.32 Å². The van der Waals surface area contributed by atoms with Crippen molar-refractivity contribution in [3.05, 3.63) is 44.3 Å². The standard InChI is InChI=1S/C10H8BrClN2S/c11-7-3-8(5-13-4-7)14-6-9-1-2-10(12)15-9/h1-5,14H,6H2. The van der Waals surface area contributed by atoms with Crippen LogP contribution in [0.3, 0.4) is 0 Å². The molecule has 5 heteroatoms. The first kappa shape index (κ1) is 10.9. The molecule has 0 aliphatic carbocycles. The summed E-state index contributed by atoms with van der Waals surface area (Å²) in [5.74, 6) is 0. The molecule has 0 fully saturated rings. The Bertz CT molecular complexity index is 458. The lowest BCUT2D eigenvalue weighted by Gasteiger charge is -2.03. The van der Waals surface area contributed by atoms with Gasteiger partial charge in [-0.25, -0.2) is 0 Å². The van der Waals surface area contributed by atoms with E-state index in [1.165, 1.54) is 4.88 Å². The van der Waals surface area contributed by atoms with Crippen LogP contribution in [0.25, 0.3) is 0 Å². The quantitative estimate of drug-likeness (QED) is 0.920. The number of thiophene rings is 1. The summed E-state index contributed by atoms with van der Waals surface area (Å²) in [5, 5.41) is 3.27. The highest BCUT2D eigenvalue weighted by Gasteiger charge is 1.98. The van der Waals surface area contributed by atoms with Gasteiger partial charge in [0.25, 0.3) is 0 Å². The Morgan fingerprint density at radius 2 is 2.27 bits per heavy atom. The molecule has 2 heterocycles. The van der Waals surface area contributed by atoms with Crippen molar-refractivity contribution in [2.24, 2.45) is 0 Å². The van der Waals surface area contributed by atoms with Crippen LogP contribution in [-0.4, -0.2) is 4.98 Å². The molecular formula is C10H8BrClN2S. The van der Waals surface area contributed by atoms with E-state index >= 15 is 0 Å². The molecule has 15 heavy (non-hydrogen) atoms. The van der Waals surface area contributed by atoms with E-state index in [0.717, 1.165) is 21.0 Å². The first-order chi connectivity index (χ1) is 7.24. The third kappa shape index (κ3) is 3.19. The Hall–Kier alpha value is -0.580. The summed E-state index contributed by atoms with van der Waals surface area (Å²) in [4.78, 5) is 5.28. The predicted molar refractivity (Wildman–Crippen MR) is 68.6 cm³/mol. The monoisotopic (exact) mass is 302 g/mol. The molecule has 2 nitrogen and oxygen atoms in total. The normalized spacial score (nSPS) is 10.3. The van der Waals surface area contributed by atoms with Crippen LogP contribution >= 0.6 is 38.9 Å². The summed E-state index contributed by atoms with van der Waals surface area (Å²) in [6.07, 6.45) is 3.55. The van der Waals surface area contributed by atoms with E-state index in [1.807, 2.05) is 18.2 Å². The van der Waals surface area contributed by atoms with Gasteiger partial charge in [0.15, 0.2) is 0 Å². The summed E-state index contributed by atoms with van der Waals surface area (Å²) in [6, 6.07) is 5.91. The highest BCUT2D eigenvalue weighted by Crippen LogP contribution is 2.22. The second-order valence-electron chi connectivity index (χ2n) is 2.95. The Morgan fingerprint density at radius 3 is 2.93 bits per heavy atom. The van der Waals surface area contributed by atoms with Crippen LogP contribution in [0.5, 0.6) is 0 Å². The number of aromatic nitrogens is 1. The van der Waals surface area contributed by atoms with E-state index in [-0.39, 0.29) is 0 Å². The minimum Gasteiger partial charge on any atom is -0.379 e. The average Bonchev–Trinajstić information content (AvgIpc) is 2.62. The van der Waals surface area contributed by atoms with E-state index in [9.17, 15) is 0 Å². The topological polar surface area (TPSA) is 24.9 Å². The molecule has 0 bridgehead atoms. The predicted octanol–water partition coefficient (Wildman–Crippen LogP) is 4.17. The first-order valence-corrected chi connectivity index (χ1v) is 6.31. The van der Waals surface area contributed by atoms with Crippen molar-refractivity contribution in [3.63, 3.8) is 0 Å². The molecule has 0 amide bonds. The van der Waals surface area contributed by atoms with Crippen LogP contribution < -0.4 is 5.32 Å². The van der Waals surface area contributed by atoms with Gasteiger partial charge < -0.3 is 5.32 Å². The Kier molecular flexibility index (Phi) is 3.61. The van der Waals surface area contributed by atoms with Gasteiger partial charge in [0.05, 0.1) is 16.2 Å². The fourth-order valence-electron chi connectivity index (χ4n) is 1.14. The Labute approximate surface area is 105 Å². The molecule has 78 valence electrons. The number of rotatable bonds is 3. The van der Waals surface area contributed by atoms with Crippen molar-refractivity contribution in [3.8, 4) is 0 Å². The van der Waals surface area contributed by atoms with Gasteiger partial charge in [-0.2, -0.15) is 0 Å². The van der Waals surface area contributed by atoms with Crippen molar-refractivity contribution >= 4 is 44.6 Å². The van der Waals surface area contributed by atoms with Crippen LogP contribution in [-0.2, 0) is 6.54 Å². The third-order valence-corrected chi connectivity index (χ3v) is 3.47. The average molecular weight is 304 g/mol. The maximum Gasteiger partial charge on any atom is 0.0931 e. The molecule has 2 rings (SSSR count). The fraction of sp³-hybridized carbons (Fsp3) is 0.100. The molecule has 2 aromatic heterocycles. The minimum absolute atomic E-state index is 0.773. The van der Waals surface area contributed by atoms with Gasteiger partial charge >= 0.3 is 0 Å². The maximum absolute atomic E-state index is 5.84. The fourth-order valence-corrected chi connectivity index (χ4v) is 2.54. The van der Waals surface area contributed by atoms with E-state index in [4.69, 9.17) is 11.6 Å². The third-order valence-electron chi connectivity index (χ3n) is 1.80. The zero-order valence-electron chi connectivity index (χ0n) is 7.71. The van der Waals surface area contributed by atoms with Crippen molar-refractivity contribution in [2.45, 2.75) is 6.54 Å². The zero-order valence-corrected chi connectivity index (χ0v) is 10.9. The largest absolute Gasteiger partial charge is 0.379 e. The van der Waals surface area contributed by atoms with Gasteiger partial charge in [-0.3, -0.25) is 4.98 Å². The number of nitrogens with zero attached hydrogens (tertiary/aromatic N) is 1. The Balaban J connectivity index is 1.99. The number of nitrogens with one attached hydrogen (secondary N) is 1. The van der Waals surface area contributed by atoms with E-state index in [1.54, 1.807) is 23.7 Å². The highest BCUT2D eigenvalue weighted by atomic mass is 79.9. The minimum atomic E-state index is 0.773. The second-order valence-corrected chi connectivity index (χ2v) is 5.67. The van der Waals surface area contributed by atoms with E-state index in [0.29, 0.717) is 0 Å². The lowest BCUT2D eigenvalue weighted by molar-refractivity contribution is 1.17. The molecule has 0 radical (unpaired) electrons. The lowest BCUT2D eigenvalue weighted by atomic mass is 10.4. The smallest absolute Gasteiger partial charge is 0.0931 e. The van der Waals surface area contributed by atoms with Crippen LogP contribution in [0.1, 0.15) is 4.88 Å². The maximum atomic E-state index is 5.84. The molecular weight excluding hydrogens is 296 g/mol. The molecule has 0 spiro atoms. The van der Waals surface area contributed by atoms with Gasteiger partial charge in [-0.1, -0.05) is 11.6 Å². The van der Waals surface area contributed by atoms with Crippen LogP contribution in [0.2, 0.25) is 4.34 Å². The van der Waals surface area contributed by atoms with Gasteiger partial charge in [-0.15, -0.1) is 11.3 Å². The number of hydrogen-bond acceptors (Lipinski definition) is 3. The lowest BCUT2D eigenvalue weighted by Crippen LogP contribution is -1.97. The molecule has 0 aliphatic rings. The molecule has 2 aromatic rings. The molecule has 0 atom stereocenters. The molecule has 0 unspecified atom stereocenters. The van der Waals surface area contributed by atoms with Crippen LogP contribution in [0.15, 0.2) is 35.1 Å². The zero-order chi connectivity index (χ0) is 10.7. The summed E-state index contributed by atoms with van der Waals surface area (Å²) < 4.78 is 1.79. The van der Waals surface area contributed by atoms with E-state index in [2.05, 4.69) is 26.2 Å². The number of pyridine rings is 1. The van der Waals surface area contributed by atoms with Crippen LogP contribution in [0.4, 0.5) is 5.69 Å².